The average Bonchev–Trinajstić information content (AvgIpc) is 2.51. The highest BCUT2D eigenvalue weighted by atomic mass is 16.5. The maximum absolute atomic E-state index is 9.32. The second-order valence-corrected chi connectivity index (χ2v) is 4.80. The van der Waals surface area contributed by atoms with Crippen LogP contribution < -0.4 is 10.1 Å². The average molecular weight is 276 g/mol. The van der Waals surface area contributed by atoms with E-state index < -0.39 is 5.54 Å². The Labute approximate surface area is 121 Å². The van der Waals surface area contributed by atoms with Gasteiger partial charge in [-0.15, -0.1) is 0 Å². The van der Waals surface area contributed by atoms with Crippen LogP contribution in [0.25, 0.3) is 0 Å². The Morgan fingerprint density at radius 2 is 2.10 bits per heavy atom. The van der Waals surface area contributed by atoms with E-state index in [4.69, 9.17) is 4.74 Å². The summed E-state index contributed by atoms with van der Waals surface area (Å²) >= 11 is 0. The fraction of sp³-hybridized carbons (Fsp3) is 0.562. The number of nitrogens with zero attached hydrogens (tertiary/aromatic N) is 1. The van der Waals surface area contributed by atoms with E-state index in [1.54, 1.807) is 0 Å². The molecule has 4 heteroatoms. The molecule has 0 fully saturated rings. The number of ether oxygens (including phenoxy) is 1. The van der Waals surface area contributed by atoms with Crippen molar-refractivity contribution in [2.45, 2.75) is 45.3 Å². The van der Waals surface area contributed by atoms with Crippen molar-refractivity contribution in [3.05, 3.63) is 29.8 Å². The number of nitriles is 1. The van der Waals surface area contributed by atoms with Crippen molar-refractivity contribution in [3.63, 3.8) is 0 Å². The summed E-state index contributed by atoms with van der Waals surface area (Å²) in [5.74, 6) is 0.720. The Balaban J connectivity index is 2.46. The molecule has 20 heavy (non-hydrogen) atoms. The van der Waals surface area contributed by atoms with E-state index in [1.807, 2.05) is 38.1 Å². The predicted molar refractivity (Wildman–Crippen MR) is 79.4 cm³/mol. The molecule has 0 aromatic heterocycles. The second kappa shape index (κ2) is 8.57. The number of hydrogen-bond donors (Lipinski definition) is 2. The van der Waals surface area contributed by atoms with Crippen molar-refractivity contribution >= 4 is 0 Å². The third-order valence-electron chi connectivity index (χ3n) is 3.48. The Bertz CT molecular complexity index is 442. The van der Waals surface area contributed by atoms with Crippen LogP contribution in [-0.2, 0) is 6.61 Å². The van der Waals surface area contributed by atoms with Crippen molar-refractivity contribution in [2.75, 3.05) is 13.2 Å². The zero-order valence-electron chi connectivity index (χ0n) is 12.4. The zero-order chi connectivity index (χ0) is 14.8. The van der Waals surface area contributed by atoms with Gasteiger partial charge in [-0.2, -0.15) is 5.26 Å². The lowest BCUT2D eigenvalue weighted by atomic mass is 9.92. The molecule has 2 N–H and O–H groups in total. The Kier molecular flexibility index (Phi) is 7.06. The minimum Gasteiger partial charge on any atom is -0.493 e. The fourth-order valence-electron chi connectivity index (χ4n) is 2.23. The molecule has 1 aromatic rings. The van der Waals surface area contributed by atoms with Gasteiger partial charge in [0.2, 0.25) is 0 Å². The molecule has 0 amide bonds. The summed E-state index contributed by atoms with van der Waals surface area (Å²) in [6, 6.07) is 9.85. The van der Waals surface area contributed by atoms with Crippen LogP contribution in [-0.4, -0.2) is 23.8 Å². The lowest BCUT2D eigenvalue weighted by Gasteiger charge is -2.26. The summed E-state index contributed by atoms with van der Waals surface area (Å²) < 4.78 is 5.69. The number of hydrogen-bond acceptors (Lipinski definition) is 4. The van der Waals surface area contributed by atoms with Crippen LogP contribution >= 0.6 is 0 Å². The second-order valence-electron chi connectivity index (χ2n) is 4.80. The van der Waals surface area contributed by atoms with Gasteiger partial charge in [-0.1, -0.05) is 32.0 Å². The molecule has 1 atom stereocenters. The summed E-state index contributed by atoms with van der Waals surface area (Å²) in [7, 11) is 0. The summed E-state index contributed by atoms with van der Waals surface area (Å²) in [5.41, 5.74) is 0.343. The van der Waals surface area contributed by atoms with Gasteiger partial charge in [-0.05, 0) is 31.9 Å². The zero-order valence-corrected chi connectivity index (χ0v) is 12.4. The highest BCUT2D eigenvalue weighted by molar-refractivity contribution is 5.32. The Hall–Kier alpha value is -1.57. The summed E-state index contributed by atoms with van der Waals surface area (Å²) in [4.78, 5) is 0. The standard InChI is InChI=1S/C16H24N2O2/c1-3-16(13-17,18-4-2)10-7-11-20-15-9-6-5-8-14(15)12-19/h5-6,8-9,18-19H,3-4,7,10-12H2,1-2H3. The molecule has 0 radical (unpaired) electrons. The number of nitrogens with one attached hydrogen (secondary N) is 1. The van der Waals surface area contributed by atoms with Gasteiger partial charge >= 0.3 is 0 Å². The first-order valence-corrected chi connectivity index (χ1v) is 7.19. The monoisotopic (exact) mass is 276 g/mol. The van der Waals surface area contributed by atoms with Crippen LogP contribution in [0, 0.1) is 11.3 Å². The van der Waals surface area contributed by atoms with Gasteiger partial charge in [-0.3, -0.25) is 5.32 Å². The van der Waals surface area contributed by atoms with Crippen molar-refractivity contribution in [1.29, 1.82) is 5.26 Å². The molecular formula is C16H24N2O2. The van der Waals surface area contributed by atoms with Gasteiger partial charge in [0.25, 0.3) is 0 Å². The number of aliphatic hydroxyl groups excluding tert-OH is 1. The largest absolute Gasteiger partial charge is 0.493 e. The first-order chi connectivity index (χ1) is 9.71. The molecular weight excluding hydrogens is 252 g/mol. The van der Waals surface area contributed by atoms with Crippen LogP contribution in [0.15, 0.2) is 24.3 Å². The van der Waals surface area contributed by atoms with Crippen LogP contribution in [0.3, 0.4) is 0 Å². The quantitative estimate of drug-likeness (QED) is 0.680. The SMILES string of the molecule is CCNC(C#N)(CC)CCCOc1ccccc1CO. The number of rotatable bonds is 9. The van der Waals surface area contributed by atoms with E-state index in [2.05, 4.69) is 11.4 Å². The lowest BCUT2D eigenvalue weighted by molar-refractivity contribution is 0.252. The number of aliphatic hydroxyl groups is 1. The minimum absolute atomic E-state index is 0.0232. The maximum atomic E-state index is 9.32. The van der Waals surface area contributed by atoms with Crippen molar-refractivity contribution in [3.8, 4) is 11.8 Å². The van der Waals surface area contributed by atoms with E-state index in [1.165, 1.54) is 0 Å². The van der Waals surface area contributed by atoms with Crippen LogP contribution in [0.4, 0.5) is 0 Å². The normalized spacial score (nSPS) is 13.5. The molecule has 0 saturated carbocycles. The van der Waals surface area contributed by atoms with Crippen molar-refractivity contribution in [1.82, 2.24) is 5.32 Å². The molecule has 0 spiro atoms. The van der Waals surface area contributed by atoms with Gasteiger partial charge in [-0.25, -0.2) is 0 Å². The molecule has 0 heterocycles. The molecule has 1 unspecified atom stereocenters. The van der Waals surface area contributed by atoms with Gasteiger partial charge in [0, 0.05) is 5.56 Å². The third-order valence-corrected chi connectivity index (χ3v) is 3.48. The van der Waals surface area contributed by atoms with Gasteiger partial charge in [0.15, 0.2) is 0 Å². The summed E-state index contributed by atoms with van der Waals surface area (Å²) in [6.45, 7) is 5.34. The fourth-order valence-corrected chi connectivity index (χ4v) is 2.23. The predicted octanol–water partition coefficient (Wildman–Crippen LogP) is 2.62. The third kappa shape index (κ3) is 4.52. The van der Waals surface area contributed by atoms with Gasteiger partial charge < -0.3 is 9.84 Å². The molecule has 1 aromatic carbocycles. The van der Waals surface area contributed by atoms with E-state index in [-0.39, 0.29) is 6.61 Å². The first-order valence-electron chi connectivity index (χ1n) is 7.19. The van der Waals surface area contributed by atoms with Crippen molar-refractivity contribution < 1.29 is 9.84 Å². The Morgan fingerprint density at radius 1 is 1.35 bits per heavy atom. The van der Waals surface area contributed by atoms with E-state index in [9.17, 15) is 10.4 Å². The highest BCUT2D eigenvalue weighted by Gasteiger charge is 2.25. The first kappa shape index (κ1) is 16.5. The summed E-state index contributed by atoms with van der Waals surface area (Å²) in [6.07, 6.45) is 2.34. The minimum atomic E-state index is -0.450. The van der Waals surface area contributed by atoms with Crippen LogP contribution in [0.5, 0.6) is 5.75 Å². The molecule has 0 saturated heterocycles. The van der Waals surface area contributed by atoms with Gasteiger partial charge in [0.1, 0.15) is 11.3 Å². The molecule has 0 aliphatic heterocycles. The summed E-state index contributed by atoms with van der Waals surface area (Å²) in [5, 5.41) is 21.8. The maximum Gasteiger partial charge on any atom is 0.124 e. The van der Waals surface area contributed by atoms with E-state index >= 15 is 0 Å². The van der Waals surface area contributed by atoms with E-state index in [0.717, 1.165) is 37.1 Å². The van der Waals surface area contributed by atoms with Gasteiger partial charge in [0.05, 0.1) is 19.3 Å². The van der Waals surface area contributed by atoms with Crippen LogP contribution in [0.1, 0.15) is 38.7 Å². The highest BCUT2D eigenvalue weighted by Crippen LogP contribution is 2.20. The molecule has 0 aliphatic rings. The molecule has 0 aliphatic carbocycles. The smallest absolute Gasteiger partial charge is 0.124 e. The molecule has 1 rings (SSSR count). The van der Waals surface area contributed by atoms with Crippen LogP contribution in [0.2, 0.25) is 0 Å². The molecule has 110 valence electrons. The van der Waals surface area contributed by atoms with Crippen molar-refractivity contribution in [2.24, 2.45) is 0 Å². The number of para-hydroxylation sites is 1. The Morgan fingerprint density at radius 3 is 2.70 bits per heavy atom. The molecule has 0 bridgehead atoms. The lowest BCUT2D eigenvalue weighted by Crippen LogP contribution is -2.43. The number of benzene rings is 1. The topological polar surface area (TPSA) is 65.3 Å². The molecule has 4 nitrogen and oxygen atoms in total. The van der Waals surface area contributed by atoms with E-state index in [0.29, 0.717) is 6.61 Å².